The number of nitrogens with zero attached hydrogens (tertiary/aromatic N) is 2. The molecular formula is C21H32Cl2N4O2. The summed E-state index contributed by atoms with van der Waals surface area (Å²) in [6.07, 6.45) is 7.88. The number of rotatable bonds is 5. The lowest BCUT2D eigenvalue weighted by Crippen LogP contribution is -2.49. The smallest absolute Gasteiger partial charge is 0.298 e. The van der Waals surface area contributed by atoms with Gasteiger partial charge in [-0.1, -0.05) is 31.4 Å². The summed E-state index contributed by atoms with van der Waals surface area (Å²) in [7, 11) is 0. The highest BCUT2D eigenvalue weighted by Gasteiger charge is 2.30. The van der Waals surface area contributed by atoms with E-state index in [1.807, 2.05) is 24.3 Å². The maximum Gasteiger partial charge on any atom is 0.298 e. The number of fused-ring (bicyclic) bond motifs is 1. The molecule has 1 aromatic carbocycles. The van der Waals surface area contributed by atoms with E-state index in [2.05, 4.69) is 15.2 Å². The molecular weight excluding hydrogens is 411 g/mol. The summed E-state index contributed by atoms with van der Waals surface area (Å²) in [5.41, 5.74) is 7.66. The topological polar surface area (TPSA) is 84.4 Å². The Bertz CT molecular complexity index is 738. The fourth-order valence-electron chi connectivity index (χ4n) is 4.53. The van der Waals surface area contributed by atoms with Crippen molar-refractivity contribution in [2.24, 2.45) is 17.6 Å². The third-order valence-electron chi connectivity index (χ3n) is 6.22. The largest absolute Gasteiger partial charge is 0.423 e. The van der Waals surface area contributed by atoms with Crippen molar-refractivity contribution in [1.29, 1.82) is 0 Å². The standard InChI is InChI=1S/C21H30N4O2.2ClH/c22-14-18(15-6-2-1-3-7-15)23-20(26)16-10-12-25(13-11-16)21-24-17-8-4-5-9-19(17)27-21;;/h4-5,8-9,15-16,18H,1-3,6-7,10-14,22H2,(H,23,26);2*1H. The summed E-state index contributed by atoms with van der Waals surface area (Å²) in [5, 5.41) is 3.26. The van der Waals surface area contributed by atoms with E-state index in [1.54, 1.807) is 0 Å². The van der Waals surface area contributed by atoms with Crippen molar-refractivity contribution < 1.29 is 9.21 Å². The molecule has 1 aromatic heterocycles. The van der Waals surface area contributed by atoms with Gasteiger partial charge in [-0.15, -0.1) is 24.8 Å². The van der Waals surface area contributed by atoms with Gasteiger partial charge >= 0.3 is 0 Å². The van der Waals surface area contributed by atoms with Crippen LogP contribution >= 0.6 is 24.8 Å². The van der Waals surface area contributed by atoms with Gasteiger partial charge in [0.25, 0.3) is 6.01 Å². The van der Waals surface area contributed by atoms with E-state index in [-0.39, 0.29) is 42.7 Å². The zero-order valence-electron chi connectivity index (χ0n) is 16.7. The first-order chi connectivity index (χ1) is 13.2. The monoisotopic (exact) mass is 442 g/mol. The Labute approximate surface area is 184 Å². The van der Waals surface area contributed by atoms with E-state index in [0.717, 1.165) is 37.0 Å². The van der Waals surface area contributed by atoms with Crippen LogP contribution < -0.4 is 16.0 Å². The van der Waals surface area contributed by atoms with Crippen LogP contribution in [0.4, 0.5) is 6.01 Å². The van der Waals surface area contributed by atoms with Gasteiger partial charge in [0.1, 0.15) is 5.52 Å². The van der Waals surface area contributed by atoms with Crippen molar-refractivity contribution in [3.63, 3.8) is 0 Å². The number of amides is 1. The van der Waals surface area contributed by atoms with Crippen molar-refractivity contribution in [3.05, 3.63) is 24.3 Å². The molecule has 8 heteroatoms. The second kappa shape index (κ2) is 11.0. The van der Waals surface area contributed by atoms with Gasteiger partial charge in [0, 0.05) is 31.6 Å². The molecule has 4 rings (SSSR count). The predicted molar refractivity (Wildman–Crippen MR) is 121 cm³/mol. The van der Waals surface area contributed by atoms with E-state index < -0.39 is 0 Å². The first kappa shape index (κ1) is 23.8. The SMILES string of the molecule is Cl.Cl.NCC(NC(=O)C1CCN(c2nc3ccccc3o2)CC1)C1CCCCC1. The number of carbonyl (C=O) groups is 1. The number of nitrogens with one attached hydrogen (secondary N) is 1. The van der Waals surface area contributed by atoms with Gasteiger partial charge in [-0.05, 0) is 43.7 Å². The number of para-hydroxylation sites is 2. The van der Waals surface area contributed by atoms with Gasteiger partial charge in [-0.3, -0.25) is 4.79 Å². The Morgan fingerprint density at radius 2 is 1.83 bits per heavy atom. The summed E-state index contributed by atoms with van der Waals surface area (Å²) in [6, 6.07) is 8.61. The van der Waals surface area contributed by atoms with Crippen LogP contribution in [0.1, 0.15) is 44.9 Å². The lowest BCUT2D eigenvalue weighted by molar-refractivity contribution is -0.126. The number of anilines is 1. The number of piperidine rings is 1. The Kier molecular flexibility index (Phi) is 9.05. The average Bonchev–Trinajstić information content (AvgIpc) is 3.17. The minimum atomic E-state index is 0. The molecule has 1 amide bonds. The van der Waals surface area contributed by atoms with Crippen LogP contribution in [0.5, 0.6) is 0 Å². The number of halogens is 2. The molecule has 1 aliphatic carbocycles. The predicted octanol–water partition coefficient (Wildman–Crippen LogP) is 3.91. The number of benzene rings is 1. The minimum absolute atomic E-state index is 0. The highest BCUT2D eigenvalue weighted by atomic mass is 35.5. The van der Waals surface area contributed by atoms with Crippen LogP contribution in [0.25, 0.3) is 11.1 Å². The fourth-order valence-corrected chi connectivity index (χ4v) is 4.53. The van der Waals surface area contributed by atoms with Crippen LogP contribution in [0, 0.1) is 11.8 Å². The quantitative estimate of drug-likeness (QED) is 0.732. The Morgan fingerprint density at radius 1 is 1.14 bits per heavy atom. The second-order valence-corrected chi connectivity index (χ2v) is 7.97. The summed E-state index contributed by atoms with van der Waals surface area (Å²) in [4.78, 5) is 19.5. The molecule has 1 atom stereocenters. The Morgan fingerprint density at radius 3 is 2.48 bits per heavy atom. The van der Waals surface area contributed by atoms with Crippen molar-refractivity contribution in [1.82, 2.24) is 10.3 Å². The van der Waals surface area contributed by atoms with Gasteiger partial charge in [0.2, 0.25) is 5.91 Å². The highest BCUT2D eigenvalue weighted by molar-refractivity contribution is 5.85. The van der Waals surface area contributed by atoms with Gasteiger partial charge in [0.15, 0.2) is 5.58 Å². The summed E-state index contributed by atoms with van der Waals surface area (Å²) < 4.78 is 5.86. The van der Waals surface area contributed by atoms with Gasteiger partial charge in [-0.2, -0.15) is 4.98 Å². The van der Waals surface area contributed by atoms with E-state index in [0.29, 0.717) is 18.5 Å². The number of carbonyl (C=O) groups excluding carboxylic acids is 1. The lowest BCUT2D eigenvalue weighted by atomic mass is 9.83. The fraction of sp³-hybridized carbons (Fsp3) is 0.619. The molecule has 162 valence electrons. The number of hydrogen-bond donors (Lipinski definition) is 2. The molecule has 1 aliphatic heterocycles. The number of aromatic nitrogens is 1. The molecule has 0 bridgehead atoms. The van der Waals surface area contributed by atoms with Gasteiger partial charge in [0.05, 0.1) is 0 Å². The van der Waals surface area contributed by atoms with Crippen molar-refractivity contribution in [2.75, 3.05) is 24.5 Å². The van der Waals surface area contributed by atoms with Crippen LogP contribution in [0.3, 0.4) is 0 Å². The maximum absolute atomic E-state index is 12.8. The normalized spacial score (nSPS) is 19.3. The number of hydrogen-bond acceptors (Lipinski definition) is 5. The average molecular weight is 443 g/mol. The minimum Gasteiger partial charge on any atom is -0.423 e. The molecule has 2 aromatic rings. The highest BCUT2D eigenvalue weighted by Crippen LogP contribution is 2.28. The second-order valence-electron chi connectivity index (χ2n) is 7.97. The molecule has 6 nitrogen and oxygen atoms in total. The zero-order chi connectivity index (χ0) is 18.6. The summed E-state index contributed by atoms with van der Waals surface area (Å²) in [6.45, 7) is 2.13. The maximum atomic E-state index is 12.8. The molecule has 1 unspecified atom stereocenters. The van der Waals surface area contributed by atoms with E-state index in [1.165, 1.54) is 32.1 Å². The molecule has 3 N–H and O–H groups in total. The van der Waals surface area contributed by atoms with Gasteiger partial charge in [-0.25, -0.2) is 0 Å². The Balaban J connectivity index is 0.00000150. The third-order valence-corrected chi connectivity index (χ3v) is 6.22. The van der Waals surface area contributed by atoms with Crippen molar-refractivity contribution >= 4 is 47.8 Å². The molecule has 29 heavy (non-hydrogen) atoms. The molecule has 0 spiro atoms. The van der Waals surface area contributed by atoms with Crippen LogP contribution in [-0.4, -0.2) is 36.6 Å². The van der Waals surface area contributed by atoms with Crippen LogP contribution in [0.15, 0.2) is 28.7 Å². The molecule has 1 saturated carbocycles. The molecule has 1 saturated heterocycles. The third kappa shape index (κ3) is 5.56. The zero-order valence-corrected chi connectivity index (χ0v) is 18.4. The van der Waals surface area contributed by atoms with Crippen LogP contribution in [0.2, 0.25) is 0 Å². The molecule has 0 radical (unpaired) electrons. The van der Waals surface area contributed by atoms with Crippen molar-refractivity contribution in [3.8, 4) is 0 Å². The van der Waals surface area contributed by atoms with E-state index in [4.69, 9.17) is 10.2 Å². The summed E-state index contributed by atoms with van der Waals surface area (Å²) >= 11 is 0. The van der Waals surface area contributed by atoms with E-state index >= 15 is 0 Å². The van der Waals surface area contributed by atoms with Gasteiger partial charge < -0.3 is 20.4 Å². The van der Waals surface area contributed by atoms with Crippen LogP contribution in [-0.2, 0) is 4.79 Å². The lowest BCUT2D eigenvalue weighted by Gasteiger charge is -2.34. The molecule has 2 aliphatic rings. The number of oxazole rings is 1. The summed E-state index contributed by atoms with van der Waals surface area (Å²) in [5.74, 6) is 0.782. The van der Waals surface area contributed by atoms with E-state index in [9.17, 15) is 4.79 Å². The number of nitrogens with two attached hydrogens (primary N) is 1. The first-order valence-corrected chi connectivity index (χ1v) is 10.4. The Hall–Kier alpha value is -1.50. The molecule has 2 fully saturated rings. The van der Waals surface area contributed by atoms with Crippen molar-refractivity contribution in [2.45, 2.75) is 51.0 Å². The molecule has 2 heterocycles. The first-order valence-electron chi connectivity index (χ1n) is 10.4.